The number of nitrogen functional groups attached to an aromatic ring is 1. The molecule has 1 heterocycles. The van der Waals surface area contributed by atoms with Gasteiger partial charge in [0.25, 0.3) is 0 Å². The van der Waals surface area contributed by atoms with E-state index in [2.05, 4.69) is 25.9 Å². The maximum Gasteiger partial charge on any atom is 0.128 e. The number of halogens is 1. The van der Waals surface area contributed by atoms with E-state index in [4.69, 9.17) is 10.5 Å². The number of anilines is 1. The lowest BCUT2D eigenvalue weighted by molar-refractivity contribution is 0.416. The highest BCUT2D eigenvalue weighted by Crippen LogP contribution is 2.34. The summed E-state index contributed by atoms with van der Waals surface area (Å²) in [6.45, 7) is 1.85. The van der Waals surface area contributed by atoms with E-state index in [9.17, 15) is 0 Å². The zero-order valence-corrected chi connectivity index (χ0v) is 11.2. The van der Waals surface area contributed by atoms with E-state index in [-0.39, 0.29) is 0 Å². The topological polar surface area (TPSA) is 61.0 Å². The Morgan fingerprint density at radius 1 is 1.29 bits per heavy atom. The Morgan fingerprint density at radius 2 is 2.06 bits per heavy atom. The molecule has 17 heavy (non-hydrogen) atoms. The standard InChI is InChI=1S/C12H12BrN3O/c1-7-11(14)12(16-6-15-7)9-5-8(13)3-4-10(9)17-2/h3-6H,14H2,1-2H3. The Hall–Kier alpha value is -1.62. The summed E-state index contributed by atoms with van der Waals surface area (Å²) in [6.07, 6.45) is 1.50. The minimum Gasteiger partial charge on any atom is -0.496 e. The fourth-order valence-electron chi connectivity index (χ4n) is 1.56. The van der Waals surface area contributed by atoms with Crippen molar-refractivity contribution >= 4 is 21.6 Å². The molecule has 0 unspecified atom stereocenters. The average Bonchev–Trinajstić information content (AvgIpc) is 2.33. The quantitative estimate of drug-likeness (QED) is 0.925. The number of benzene rings is 1. The highest BCUT2D eigenvalue weighted by molar-refractivity contribution is 9.10. The monoisotopic (exact) mass is 293 g/mol. The maximum atomic E-state index is 5.99. The van der Waals surface area contributed by atoms with Crippen LogP contribution < -0.4 is 10.5 Å². The van der Waals surface area contributed by atoms with Crippen molar-refractivity contribution in [3.8, 4) is 17.0 Å². The Kier molecular flexibility index (Phi) is 3.28. The first-order chi connectivity index (χ1) is 8.13. The molecular formula is C12H12BrN3O. The maximum absolute atomic E-state index is 5.99. The lowest BCUT2D eigenvalue weighted by atomic mass is 10.1. The summed E-state index contributed by atoms with van der Waals surface area (Å²) in [5, 5.41) is 0. The summed E-state index contributed by atoms with van der Waals surface area (Å²) in [4.78, 5) is 8.28. The molecule has 0 atom stereocenters. The van der Waals surface area contributed by atoms with Crippen LogP contribution >= 0.6 is 15.9 Å². The van der Waals surface area contributed by atoms with E-state index < -0.39 is 0 Å². The molecule has 1 aromatic heterocycles. The van der Waals surface area contributed by atoms with Crippen LogP contribution in [0.1, 0.15) is 5.69 Å². The molecule has 2 N–H and O–H groups in total. The number of aryl methyl sites for hydroxylation is 1. The second-order valence-corrected chi connectivity index (χ2v) is 4.48. The second kappa shape index (κ2) is 4.71. The van der Waals surface area contributed by atoms with Crippen LogP contribution in [0.15, 0.2) is 29.0 Å². The van der Waals surface area contributed by atoms with Gasteiger partial charge >= 0.3 is 0 Å². The third-order valence-corrected chi connectivity index (χ3v) is 2.99. The van der Waals surface area contributed by atoms with Crippen LogP contribution in [0.25, 0.3) is 11.3 Å². The lowest BCUT2D eigenvalue weighted by Gasteiger charge is -2.11. The van der Waals surface area contributed by atoms with Gasteiger partial charge in [-0.3, -0.25) is 0 Å². The predicted molar refractivity (Wildman–Crippen MR) is 70.9 cm³/mol. The Labute approximate surface area is 108 Å². The summed E-state index contributed by atoms with van der Waals surface area (Å²) in [5.74, 6) is 0.734. The zero-order valence-electron chi connectivity index (χ0n) is 9.57. The largest absolute Gasteiger partial charge is 0.496 e. The molecule has 4 nitrogen and oxygen atoms in total. The number of nitrogens with zero attached hydrogens (tertiary/aromatic N) is 2. The molecular weight excluding hydrogens is 282 g/mol. The average molecular weight is 294 g/mol. The highest BCUT2D eigenvalue weighted by atomic mass is 79.9. The van der Waals surface area contributed by atoms with Crippen molar-refractivity contribution in [3.63, 3.8) is 0 Å². The Balaban J connectivity index is 2.67. The SMILES string of the molecule is COc1ccc(Br)cc1-c1ncnc(C)c1N. The van der Waals surface area contributed by atoms with Crippen molar-refractivity contribution in [2.45, 2.75) is 6.92 Å². The molecule has 0 aliphatic heterocycles. The minimum absolute atomic E-state index is 0.573. The third-order valence-electron chi connectivity index (χ3n) is 2.50. The van der Waals surface area contributed by atoms with Gasteiger partial charge in [-0.05, 0) is 25.1 Å². The molecule has 0 aliphatic carbocycles. The molecule has 0 radical (unpaired) electrons. The van der Waals surface area contributed by atoms with E-state index in [1.54, 1.807) is 7.11 Å². The van der Waals surface area contributed by atoms with Crippen molar-refractivity contribution in [1.82, 2.24) is 9.97 Å². The number of hydrogen-bond acceptors (Lipinski definition) is 4. The van der Waals surface area contributed by atoms with E-state index >= 15 is 0 Å². The van der Waals surface area contributed by atoms with Crippen LogP contribution in [-0.2, 0) is 0 Å². The Bertz CT molecular complexity index is 557. The number of hydrogen-bond donors (Lipinski definition) is 1. The smallest absolute Gasteiger partial charge is 0.128 e. The van der Waals surface area contributed by atoms with Crippen LogP contribution in [0.3, 0.4) is 0 Å². The van der Waals surface area contributed by atoms with E-state index in [0.717, 1.165) is 21.5 Å². The van der Waals surface area contributed by atoms with Gasteiger partial charge in [0.15, 0.2) is 0 Å². The normalized spacial score (nSPS) is 10.3. The molecule has 0 amide bonds. The fourth-order valence-corrected chi connectivity index (χ4v) is 1.92. The van der Waals surface area contributed by atoms with Gasteiger partial charge in [0, 0.05) is 10.0 Å². The van der Waals surface area contributed by atoms with Gasteiger partial charge in [-0.25, -0.2) is 9.97 Å². The summed E-state index contributed by atoms with van der Waals surface area (Å²) >= 11 is 3.43. The van der Waals surface area contributed by atoms with Crippen molar-refractivity contribution < 1.29 is 4.74 Å². The van der Waals surface area contributed by atoms with Gasteiger partial charge in [0.2, 0.25) is 0 Å². The lowest BCUT2D eigenvalue weighted by Crippen LogP contribution is -2.00. The number of ether oxygens (including phenoxy) is 1. The first-order valence-electron chi connectivity index (χ1n) is 5.04. The summed E-state index contributed by atoms with van der Waals surface area (Å²) in [7, 11) is 1.62. The van der Waals surface area contributed by atoms with Crippen molar-refractivity contribution in [1.29, 1.82) is 0 Å². The van der Waals surface area contributed by atoms with Crippen LogP contribution in [-0.4, -0.2) is 17.1 Å². The molecule has 2 rings (SSSR count). The van der Waals surface area contributed by atoms with Crippen LogP contribution in [0.2, 0.25) is 0 Å². The van der Waals surface area contributed by atoms with Gasteiger partial charge in [-0.15, -0.1) is 0 Å². The molecule has 0 saturated carbocycles. The van der Waals surface area contributed by atoms with Crippen LogP contribution in [0.5, 0.6) is 5.75 Å². The number of rotatable bonds is 2. The zero-order chi connectivity index (χ0) is 12.4. The van der Waals surface area contributed by atoms with Gasteiger partial charge < -0.3 is 10.5 Å². The summed E-state index contributed by atoms with van der Waals surface area (Å²) in [5.41, 5.74) is 8.87. The summed E-state index contributed by atoms with van der Waals surface area (Å²) in [6, 6.07) is 5.71. The summed E-state index contributed by atoms with van der Waals surface area (Å²) < 4.78 is 6.26. The molecule has 88 valence electrons. The van der Waals surface area contributed by atoms with Crippen molar-refractivity contribution in [2.24, 2.45) is 0 Å². The molecule has 1 aromatic carbocycles. The second-order valence-electron chi connectivity index (χ2n) is 3.57. The van der Waals surface area contributed by atoms with Gasteiger partial charge in [0.1, 0.15) is 17.8 Å². The van der Waals surface area contributed by atoms with E-state index in [1.165, 1.54) is 6.33 Å². The van der Waals surface area contributed by atoms with Crippen molar-refractivity contribution in [2.75, 3.05) is 12.8 Å². The molecule has 0 bridgehead atoms. The van der Waals surface area contributed by atoms with E-state index in [0.29, 0.717) is 11.4 Å². The number of methoxy groups -OCH3 is 1. The van der Waals surface area contributed by atoms with Gasteiger partial charge in [-0.2, -0.15) is 0 Å². The number of aromatic nitrogens is 2. The van der Waals surface area contributed by atoms with Gasteiger partial charge in [-0.1, -0.05) is 15.9 Å². The van der Waals surface area contributed by atoms with Gasteiger partial charge in [0.05, 0.1) is 18.5 Å². The highest BCUT2D eigenvalue weighted by Gasteiger charge is 2.12. The minimum atomic E-state index is 0.573. The molecule has 0 fully saturated rings. The third kappa shape index (κ3) is 2.24. The van der Waals surface area contributed by atoms with E-state index in [1.807, 2.05) is 25.1 Å². The Morgan fingerprint density at radius 3 is 2.76 bits per heavy atom. The van der Waals surface area contributed by atoms with Crippen LogP contribution in [0, 0.1) is 6.92 Å². The molecule has 0 aliphatic rings. The fraction of sp³-hybridized carbons (Fsp3) is 0.167. The first kappa shape index (κ1) is 11.9. The predicted octanol–water partition coefficient (Wildman–Crippen LogP) is 2.81. The molecule has 0 spiro atoms. The first-order valence-corrected chi connectivity index (χ1v) is 5.83. The molecule has 2 aromatic rings. The number of nitrogens with two attached hydrogens (primary N) is 1. The molecule has 5 heteroatoms. The molecule has 0 saturated heterocycles. The van der Waals surface area contributed by atoms with Crippen LogP contribution in [0.4, 0.5) is 5.69 Å². The van der Waals surface area contributed by atoms with Crippen molar-refractivity contribution in [3.05, 3.63) is 34.7 Å².